The SMILES string of the molecule is CCOC(=O)c1cc(-c2ccc(N3CCN(C(=O)[C@@H](C)Oc4ccccc4)CC3)cc2)n(-c2ccccn2)n1. The van der Waals surface area contributed by atoms with Gasteiger partial charge in [0.05, 0.1) is 12.3 Å². The van der Waals surface area contributed by atoms with Crippen molar-refractivity contribution in [3.63, 3.8) is 0 Å². The Morgan fingerprint density at radius 2 is 1.64 bits per heavy atom. The Labute approximate surface area is 227 Å². The normalized spacial score (nSPS) is 14.1. The second-order valence-corrected chi connectivity index (χ2v) is 9.17. The average Bonchev–Trinajstić information content (AvgIpc) is 3.44. The highest BCUT2D eigenvalue weighted by atomic mass is 16.5. The number of rotatable bonds is 8. The zero-order valence-electron chi connectivity index (χ0n) is 22.1. The minimum atomic E-state index is -0.540. The summed E-state index contributed by atoms with van der Waals surface area (Å²) in [6.07, 6.45) is 1.15. The Kier molecular flexibility index (Phi) is 7.86. The Bertz CT molecular complexity index is 1400. The van der Waals surface area contributed by atoms with Crippen LogP contribution in [0.2, 0.25) is 0 Å². The summed E-state index contributed by atoms with van der Waals surface area (Å²) in [5.41, 5.74) is 2.93. The van der Waals surface area contributed by atoms with Gasteiger partial charge in [-0.05, 0) is 56.3 Å². The molecule has 0 aliphatic carbocycles. The largest absolute Gasteiger partial charge is 0.481 e. The number of piperazine rings is 1. The first-order chi connectivity index (χ1) is 19.0. The van der Waals surface area contributed by atoms with Crippen LogP contribution in [0.1, 0.15) is 24.3 Å². The Hall–Kier alpha value is -4.66. The van der Waals surface area contributed by atoms with E-state index in [1.807, 2.05) is 77.7 Å². The second kappa shape index (κ2) is 11.8. The van der Waals surface area contributed by atoms with Gasteiger partial charge < -0.3 is 19.3 Å². The van der Waals surface area contributed by atoms with Crippen molar-refractivity contribution in [3.05, 3.63) is 90.8 Å². The maximum atomic E-state index is 12.9. The van der Waals surface area contributed by atoms with E-state index < -0.39 is 12.1 Å². The molecule has 4 aromatic rings. The van der Waals surface area contributed by atoms with Crippen LogP contribution < -0.4 is 9.64 Å². The summed E-state index contributed by atoms with van der Waals surface area (Å²) < 4.78 is 12.6. The fourth-order valence-electron chi connectivity index (χ4n) is 4.58. The van der Waals surface area contributed by atoms with Gasteiger partial charge in [0.2, 0.25) is 0 Å². The van der Waals surface area contributed by atoms with E-state index in [1.165, 1.54) is 0 Å². The van der Waals surface area contributed by atoms with E-state index in [0.29, 0.717) is 24.7 Å². The summed E-state index contributed by atoms with van der Waals surface area (Å²) in [6.45, 7) is 6.53. The highest BCUT2D eigenvalue weighted by Gasteiger charge is 2.26. The van der Waals surface area contributed by atoms with Crippen LogP contribution in [0.4, 0.5) is 5.69 Å². The first-order valence-corrected chi connectivity index (χ1v) is 13.1. The maximum absolute atomic E-state index is 12.9. The average molecular weight is 526 g/mol. The van der Waals surface area contributed by atoms with Crippen LogP contribution in [0.15, 0.2) is 85.1 Å². The van der Waals surface area contributed by atoms with Crippen LogP contribution in [0.25, 0.3) is 17.1 Å². The number of nitrogens with zero attached hydrogens (tertiary/aromatic N) is 5. The molecule has 2 aromatic heterocycles. The van der Waals surface area contributed by atoms with Gasteiger partial charge in [-0.25, -0.2) is 14.5 Å². The molecular weight excluding hydrogens is 494 g/mol. The lowest BCUT2D eigenvalue weighted by Gasteiger charge is -2.37. The highest BCUT2D eigenvalue weighted by Crippen LogP contribution is 2.27. The smallest absolute Gasteiger partial charge is 0.358 e. The number of esters is 1. The minimum Gasteiger partial charge on any atom is -0.481 e. The number of carbonyl (C=O) groups excluding carboxylic acids is 2. The lowest BCUT2D eigenvalue weighted by molar-refractivity contribution is -0.138. The van der Waals surface area contributed by atoms with Crippen LogP contribution in [-0.4, -0.2) is 70.4 Å². The van der Waals surface area contributed by atoms with Crippen LogP contribution in [-0.2, 0) is 9.53 Å². The molecule has 0 bridgehead atoms. The van der Waals surface area contributed by atoms with E-state index in [2.05, 4.69) is 15.0 Å². The summed E-state index contributed by atoms with van der Waals surface area (Å²) in [7, 11) is 0. The van der Waals surface area contributed by atoms with Gasteiger partial charge in [0.1, 0.15) is 5.75 Å². The number of ether oxygens (including phenoxy) is 2. The summed E-state index contributed by atoms with van der Waals surface area (Å²) in [5.74, 6) is 0.823. The number of hydrogen-bond acceptors (Lipinski definition) is 7. The molecule has 1 fully saturated rings. The molecule has 39 heavy (non-hydrogen) atoms. The number of aromatic nitrogens is 3. The van der Waals surface area contributed by atoms with Gasteiger partial charge in [-0.2, -0.15) is 5.10 Å². The second-order valence-electron chi connectivity index (χ2n) is 9.17. The molecule has 1 aliphatic rings. The number of hydrogen-bond donors (Lipinski definition) is 0. The molecule has 9 nitrogen and oxygen atoms in total. The molecule has 9 heteroatoms. The maximum Gasteiger partial charge on any atom is 0.358 e. The van der Waals surface area contributed by atoms with E-state index >= 15 is 0 Å². The van der Waals surface area contributed by atoms with E-state index in [9.17, 15) is 9.59 Å². The third-order valence-electron chi connectivity index (χ3n) is 6.58. The zero-order chi connectivity index (χ0) is 27.2. The zero-order valence-corrected chi connectivity index (χ0v) is 22.1. The molecule has 200 valence electrons. The number of benzene rings is 2. The quantitative estimate of drug-likeness (QED) is 0.318. The van der Waals surface area contributed by atoms with Crippen molar-refractivity contribution in [2.45, 2.75) is 20.0 Å². The summed E-state index contributed by atoms with van der Waals surface area (Å²) in [4.78, 5) is 33.8. The molecule has 3 heterocycles. The van der Waals surface area contributed by atoms with Crippen molar-refractivity contribution in [1.82, 2.24) is 19.7 Å². The fourth-order valence-corrected chi connectivity index (χ4v) is 4.58. The van der Waals surface area contributed by atoms with Crippen LogP contribution in [0.5, 0.6) is 5.75 Å². The number of anilines is 1. The third-order valence-corrected chi connectivity index (χ3v) is 6.58. The van der Waals surface area contributed by atoms with Crippen molar-refractivity contribution >= 4 is 17.6 Å². The molecule has 2 aromatic carbocycles. The molecule has 0 saturated carbocycles. The lowest BCUT2D eigenvalue weighted by Crippen LogP contribution is -2.52. The molecule has 0 unspecified atom stereocenters. The summed E-state index contributed by atoms with van der Waals surface area (Å²) in [6, 6.07) is 24.8. The topological polar surface area (TPSA) is 89.8 Å². The first-order valence-electron chi connectivity index (χ1n) is 13.1. The van der Waals surface area contributed by atoms with Crippen molar-refractivity contribution in [2.24, 2.45) is 0 Å². The molecule has 1 atom stereocenters. The standard InChI is InChI=1S/C30H31N5O4/c1-3-38-30(37)26-21-27(35(32-26)28-11-7-8-16-31-28)23-12-14-24(15-13-23)33-17-19-34(20-18-33)29(36)22(2)39-25-9-5-4-6-10-25/h4-16,21-22H,3,17-20H2,1-2H3/t22-/m1/s1. The number of para-hydroxylation sites is 1. The third kappa shape index (κ3) is 5.93. The fraction of sp³-hybridized carbons (Fsp3) is 0.267. The van der Waals surface area contributed by atoms with Crippen LogP contribution in [0, 0.1) is 0 Å². The Balaban J connectivity index is 1.26. The van der Waals surface area contributed by atoms with Crippen molar-refractivity contribution < 1.29 is 19.1 Å². The van der Waals surface area contributed by atoms with Gasteiger partial charge in [0, 0.05) is 43.6 Å². The molecule has 0 spiro atoms. The number of pyridine rings is 1. The summed E-state index contributed by atoms with van der Waals surface area (Å²) in [5, 5.41) is 4.47. The van der Waals surface area contributed by atoms with Gasteiger partial charge >= 0.3 is 5.97 Å². The predicted molar refractivity (Wildman–Crippen MR) is 148 cm³/mol. The van der Waals surface area contributed by atoms with Gasteiger partial charge in [0.25, 0.3) is 5.91 Å². The highest BCUT2D eigenvalue weighted by molar-refractivity contribution is 5.89. The van der Waals surface area contributed by atoms with E-state index in [0.717, 1.165) is 30.0 Å². The van der Waals surface area contributed by atoms with Crippen LogP contribution in [0.3, 0.4) is 0 Å². The van der Waals surface area contributed by atoms with E-state index in [1.54, 1.807) is 30.8 Å². The predicted octanol–water partition coefficient (Wildman–Crippen LogP) is 4.23. The van der Waals surface area contributed by atoms with Crippen molar-refractivity contribution in [1.29, 1.82) is 0 Å². The van der Waals surface area contributed by atoms with Crippen LogP contribution >= 0.6 is 0 Å². The van der Waals surface area contributed by atoms with Gasteiger partial charge in [-0.15, -0.1) is 0 Å². The lowest BCUT2D eigenvalue weighted by atomic mass is 10.1. The molecule has 0 N–H and O–H groups in total. The van der Waals surface area contributed by atoms with Crippen molar-refractivity contribution in [3.8, 4) is 22.8 Å². The van der Waals surface area contributed by atoms with Gasteiger partial charge in [-0.3, -0.25) is 4.79 Å². The molecule has 1 saturated heterocycles. The number of carbonyl (C=O) groups is 2. The molecular formula is C30H31N5O4. The van der Waals surface area contributed by atoms with E-state index in [-0.39, 0.29) is 18.2 Å². The molecule has 0 radical (unpaired) electrons. The first kappa shape index (κ1) is 26.0. The molecule has 1 aliphatic heterocycles. The van der Waals surface area contributed by atoms with E-state index in [4.69, 9.17) is 9.47 Å². The van der Waals surface area contributed by atoms with Crippen molar-refractivity contribution in [2.75, 3.05) is 37.7 Å². The molecule has 1 amide bonds. The Morgan fingerprint density at radius 1 is 0.923 bits per heavy atom. The minimum absolute atomic E-state index is 0.00552. The summed E-state index contributed by atoms with van der Waals surface area (Å²) >= 11 is 0. The van der Waals surface area contributed by atoms with Gasteiger partial charge in [-0.1, -0.05) is 36.4 Å². The molecule has 5 rings (SSSR count). The monoisotopic (exact) mass is 525 g/mol. The number of amides is 1. The Morgan fingerprint density at radius 3 is 2.31 bits per heavy atom. The van der Waals surface area contributed by atoms with Gasteiger partial charge in [0.15, 0.2) is 17.6 Å².